The molecular formula is C26H28ClFN2O5. The van der Waals surface area contributed by atoms with Gasteiger partial charge in [-0.3, -0.25) is 4.79 Å². The summed E-state index contributed by atoms with van der Waals surface area (Å²) >= 11 is 6.20. The summed E-state index contributed by atoms with van der Waals surface area (Å²) in [6, 6.07) is 10.9. The predicted molar refractivity (Wildman–Crippen MR) is 133 cm³/mol. The minimum Gasteiger partial charge on any atom is -0.468 e. The number of halogens is 2. The van der Waals surface area contributed by atoms with E-state index in [1.165, 1.54) is 18.2 Å². The van der Waals surface area contributed by atoms with Gasteiger partial charge in [-0.2, -0.15) is 0 Å². The van der Waals surface area contributed by atoms with Crippen LogP contribution in [0.2, 0.25) is 5.02 Å². The second kappa shape index (κ2) is 12.4. The van der Waals surface area contributed by atoms with Gasteiger partial charge in [0.05, 0.1) is 11.6 Å². The summed E-state index contributed by atoms with van der Waals surface area (Å²) in [5.74, 6) is -0.445. The van der Waals surface area contributed by atoms with Crippen LogP contribution in [0.3, 0.4) is 0 Å². The van der Waals surface area contributed by atoms with E-state index in [9.17, 15) is 18.8 Å². The Balaban J connectivity index is 0.000000623. The molecule has 3 aromatic rings. The Morgan fingerprint density at radius 3 is 2.51 bits per heavy atom. The van der Waals surface area contributed by atoms with Crippen molar-refractivity contribution in [3.05, 3.63) is 69.3 Å². The first-order valence-electron chi connectivity index (χ1n) is 11.4. The molecule has 0 spiro atoms. The van der Waals surface area contributed by atoms with Crippen LogP contribution in [0.5, 0.6) is 0 Å². The summed E-state index contributed by atoms with van der Waals surface area (Å²) in [4.78, 5) is 37.5. The van der Waals surface area contributed by atoms with Gasteiger partial charge in [0.25, 0.3) is 6.47 Å². The van der Waals surface area contributed by atoms with Gasteiger partial charge in [0.1, 0.15) is 11.4 Å². The van der Waals surface area contributed by atoms with E-state index >= 15 is 0 Å². The SMILES string of the molecule is CCOC=O.CN(Cc1ccc2c(-c3ccc(F)cc3Cl)cc(=O)oc2c1)C(=O)N1CCCCC1. The Morgan fingerprint density at radius 1 is 1.14 bits per heavy atom. The molecule has 35 heavy (non-hydrogen) atoms. The molecule has 9 heteroatoms. The van der Waals surface area contributed by atoms with Gasteiger partial charge in [0.2, 0.25) is 0 Å². The fourth-order valence-corrected chi connectivity index (χ4v) is 4.24. The van der Waals surface area contributed by atoms with Gasteiger partial charge in [-0.15, -0.1) is 0 Å². The standard InChI is InChI=1S/C23H22ClFN2O3.C3H6O2/c1-26(23(29)27-9-3-2-4-10-27)14-15-5-7-18-19(13-22(28)30-21(18)11-15)17-8-6-16(25)12-20(17)24;1-2-5-3-4/h5-8,11-13H,2-4,9-10,14H2,1H3;3H,2H2,1H3. The fraction of sp³-hybridized carbons (Fsp3) is 0.346. The molecule has 2 heterocycles. The minimum atomic E-state index is -0.521. The Hall–Kier alpha value is -3.39. The highest BCUT2D eigenvalue weighted by atomic mass is 35.5. The van der Waals surface area contributed by atoms with Crippen molar-refractivity contribution in [3.8, 4) is 11.1 Å². The quantitative estimate of drug-likeness (QED) is 0.341. The summed E-state index contributed by atoms with van der Waals surface area (Å²) in [5, 5.41) is 0.912. The van der Waals surface area contributed by atoms with Crippen LogP contribution in [-0.4, -0.2) is 49.0 Å². The number of urea groups is 1. The van der Waals surface area contributed by atoms with Crippen molar-refractivity contribution in [2.45, 2.75) is 32.7 Å². The van der Waals surface area contributed by atoms with Crippen LogP contribution < -0.4 is 5.63 Å². The van der Waals surface area contributed by atoms with Crippen molar-refractivity contribution < 1.29 is 23.1 Å². The molecule has 1 aliphatic rings. The number of benzene rings is 2. The van der Waals surface area contributed by atoms with Crippen LogP contribution in [0, 0.1) is 5.82 Å². The predicted octanol–water partition coefficient (Wildman–Crippen LogP) is 5.47. The molecule has 1 fully saturated rings. The van der Waals surface area contributed by atoms with Crippen LogP contribution in [0.15, 0.2) is 51.7 Å². The number of fused-ring (bicyclic) bond motifs is 1. The number of ether oxygens (including phenoxy) is 1. The van der Waals surface area contributed by atoms with Crippen molar-refractivity contribution >= 4 is 35.1 Å². The van der Waals surface area contributed by atoms with E-state index in [4.69, 9.17) is 16.0 Å². The number of carbonyl (C=O) groups is 2. The smallest absolute Gasteiger partial charge is 0.336 e. The minimum absolute atomic E-state index is 0.00287. The Morgan fingerprint density at radius 2 is 1.89 bits per heavy atom. The summed E-state index contributed by atoms with van der Waals surface area (Å²) < 4.78 is 23.0. The first-order chi connectivity index (χ1) is 16.8. The number of carbonyl (C=O) groups excluding carboxylic acids is 2. The normalized spacial score (nSPS) is 13.1. The van der Waals surface area contributed by atoms with Gasteiger partial charge in [-0.1, -0.05) is 23.7 Å². The zero-order valence-electron chi connectivity index (χ0n) is 19.8. The molecule has 0 atom stereocenters. The molecule has 2 amide bonds. The molecule has 2 aromatic carbocycles. The largest absolute Gasteiger partial charge is 0.468 e. The van der Waals surface area contributed by atoms with Crippen LogP contribution in [0.25, 0.3) is 22.1 Å². The second-order valence-corrected chi connectivity index (χ2v) is 8.58. The van der Waals surface area contributed by atoms with Gasteiger partial charge in [0.15, 0.2) is 0 Å². The molecule has 1 saturated heterocycles. The number of hydrogen-bond donors (Lipinski definition) is 0. The molecule has 0 saturated carbocycles. The van der Waals surface area contributed by atoms with Crippen LogP contribution >= 0.6 is 11.6 Å². The van der Waals surface area contributed by atoms with Crippen molar-refractivity contribution in [2.24, 2.45) is 0 Å². The third-order valence-electron chi connectivity index (χ3n) is 5.64. The maximum absolute atomic E-state index is 13.4. The molecular weight excluding hydrogens is 475 g/mol. The average Bonchev–Trinajstić information content (AvgIpc) is 2.84. The lowest BCUT2D eigenvalue weighted by Gasteiger charge is -2.31. The Labute approximate surface area is 208 Å². The lowest BCUT2D eigenvalue weighted by Crippen LogP contribution is -2.43. The number of rotatable bonds is 5. The van der Waals surface area contributed by atoms with Crippen molar-refractivity contribution in [3.63, 3.8) is 0 Å². The maximum Gasteiger partial charge on any atom is 0.336 e. The fourth-order valence-electron chi connectivity index (χ4n) is 3.97. The maximum atomic E-state index is 13.4. The highest BCUT2D eigenvalue weighted by molar-refractivity contribution is 6.33. The summed E-state index contributed by atoms with van der Waals surface area (Å²) in [5.41, 5.74) is 1.86. The number of nitrogens with zero attached hydrogens (tertiary/aromatic N) is 2. The number of amides is 2. The van der Waals surface area contributed by atoms with Gasteiger partial charge in [-0.05, 0) is 56.0 Å². The van der Waals surface area contributed by atoms with Gasteiger partial charge >= 0.3 is 11.7 Å². The van der Waals surface area contributed by atoms with Crippen molar-refractivity contribution in [2.75, 3.05) is 26.7 Å². The topological polar surface area (TPSA) is 80.1 Å². The number of hydrogen-bond acceptors (Lipinski definition) is 5. The lowest BCUT2D eigenvalue weighted by molar-refractivity contribution is -0.128. The first-order valence-corrected chi connectivity index (χ1v) is 11.8. The summed E-state index contributed by atoms with van der Waals surface area (Å²) in [6.07, 6.45) is 3.24. The van der Waals surface area contributed by atoms with Crippen molar-refractivity contribution in [1.29, 1.82) is 0 Å². The first kappa shape index (κ1) is 26.2. The molecule has 186 valence electrons. The molecule has 7 nitrogen and oxygen atoms in total. The second-order valence-electron chi connectivity index (χ2n) is 8.17. The van der Waals surface area contributed by atoms with Crippen molar-refractivity contribution in [1.82, 2.24) is 9.80 Å². The number of piperidine rings is 1. The van der Waals surface area contributed by atoms with Crippen LogP contribution in [0.1, 0.15) is 31.7 Å². The Kier molecular flexibility index (Phi) is 9.25. The summed E-state index contributed by atoms with van der Waals surface area (Å²) in [6.45, 7) is 4.64. The lowest BCUT2D eigenvalue weighted by atomic mass is 10.0. The number of likely N-dealkylation sites (tertiary alicyclic amines) is 1. The van der Waals surface area contributed by atoms with Gasteiger partial charge < -0.3 is 19.0 Å². The van der Waals surface area contributed by atoms with Crippen LogP contribution in [-0.2, 0) is 16.1 Å². The molecule has 1 aromatic heterocycles. The zero-order chi connectivity index (χ0) is 25.4. The molecule has 0 aliphatic carbocycles. The molecule has 0 unspecified atom stereocenters. The van der Waals surface area contributed by atoms with E-state index in [1.807, 2.05) is 17.0 Å². The molecule has 0 radical (unpaired) electrons. The van der Waals surface area contributed by atoms with E-state index in [2.05, 4.69) is 4.74 Å². The van der Waals surface area contributed by atoms with E-state index in [-0.39, 0.29) is 11.1 Å². The van der Waals surface area contributed by atoms with Crippen LogP contribution in [0.4, 0.5) is 9.18 Å². The van der Waals surface area contributed by atoms with E-state index < -0.39 is 11.4 Å². The highest BCUT2D eigenvalue weighted by Gasteiger charge is 2.20. The summed E-state index contributed by atoms with van der Waals surface area (Å²) in [7, 11) is 1.77. The highest BCUT2D eigenvalue weighted by Crippen LogP contribution is 2.33. The molecule has 0 N–H and O–H groups in total. The zero-order valence-corrected chi connectivity index (χ0v) is 20.5. The molecule has 0 bridgehead atoms. The monoisotopic (exact) mass is 502 g/mol. The van der Waals surface area contributed by atoms with E-state index in [0.717, 1.165) is 37.9 Å². The molecule has 4 rings (SSSR count). The van der Waals surface area contributed by atoms with Gasteiger partial charge in [-0.25, -0.2) is 14.0 Å². The third-order valence-corrected chi connectivity index (χ3v) is 5.95. The van der Waals surface area contributed by atoms with E-state index in [1.54, 1.807) is 31.0 Å². The van der Waals surface area contributed by atoms with E-state index in [0.29, 0.717) is 41.7 Å². The third kappa shape index (κ3) is 6.82. The Bertz CT molecular complexity index is 1240. The van der Waals surface area contributed by atoms with Gasteiger partial charge in [0, 0.05) is 49.3 Å². The average molecular weight is 503 g/mol. The molecule has 1 aliphatic heterocycles.